The highest BCUT2D eigenvalue weighted by atomic mass is 16.7. The molecule has 0 saturated carbocycles. The number of nitrogens with zero attached hydrogens (tertiary/aromatic N) is 5. The van der Waals surface area contributed by atoms with Crippen molar-refractivity contribution in [1.29, 1.82) is 0 Å². The van der Waals surface area contributed by atoms with E-state index < -0.39 is 0 Å². The fourth-order valence-electron chi connectivity index (χ4n) is 5.78. The van der Waals surface area contributed by atoms with Gasteiger partial charge in [-0.1, -0.05) is 50.2 Å². The first-order valence-corrected chi connectivity index (χ1v) is 14.6. The second-order valence-electron chi connectivity index (χ2n) is 11.2. The molecule has 2 aromatic heterocycles. The van der Waals surface area contributed by atoms with E-state index in [9.17, 15) is 4.79 Å². The van der Waals surface area contributed by atoms with E-state index in [1.165, 1.54) is 0 Å². The second kappa shape index (κ2) is 12.8. The zero-order chi connectivity index (χ0) is 30.6. The van der Waals surface area contributed by atoms with Gasteiger partial charge in [0.2, 0.25) is 6.79 Å². The highest BCUT2D eigenvalue weighted by Crippen LogP contribution is 2.36. The van der Waals surface area contributed by atoms with E-state index in [-0.39, 0.29) is 24.3 Å². The van der Waals surface area contributed by atoms with Crippen molar-refractivity contribution in [1.82, 2.24) is 30.1 Å². The number of hydrogen-bond acceptors (Lipinski definition) is 9. The molecule has 0 spiro atoms. The summed E-state index contributed by atoms with van der Waals surface area (Å²) in [4.78, 5) is 18.8. The zero-order valence-electron chi connectivity index (χ0n) is 25.3. The number of methoxy groups -OCH3 is 2. The van der Waals surface area contributed by atoms with Crippen LogP contribution in [0, 0.1) is 5.92 Å². The molecule has 44 heavy (non-hydrogen) atoms. The highest BCUT2D eigenvalue weighted by molar-refractivity contribution is 5.83. The van der Waals surface area contributed by atoms with Gasteiger partial charge < -0.3 is 23.9 Å². The molecule has 0 amide bonds. The Bertz CT molecular complexity index is 1800. The lowest BCUT2D eigenvalue weighted by Gasteiger charge is -2.33. The van der Waals surface area contributed by atoms with Crippen molar-refractivity contribution in [3.8, 4) is 23.0 Å². The van der Waals surface area contributed by atoms with Crippen molar-refractivity contribution in [3.05, 3.63) is 99.6 Å². The van der Waals surface area contributed by atoms with Gasteiger partial charge in [0.15, 0.2) is 28.8 Å². The van der Waals surface area contributed by atoms with E-state index in [0.717, 1.165) is 22.3 Å². The topological polar surface area (TPSA) is 117 Å². The predicted molar refractivity (Wildman–Crippen MR) is 165 cm³/mol. The molecule has 0 bridgehead atoms. The van der Waals surface area contributed by atoms with Gasteiger partial charge in [-0.05, 0) is 58.2 Å². The number of H-pyrrole nitrogens is 1. The lowest BCUT2D eigenvalue weighted by molar-refractivity contribution is 0.136. The molecule has 1 atom stereocenters. The molecular formula is C33H36N6O5. The Morgan fingerprint density at radius 1 is 0.955 bits per heavy atom. The number of hydrogen-bond donors (Lipinski definition) is 1. The summed E-state index contributed by atoms with van der Waals surface area (Å²) in [5.41, 5.74) is 3.37. The van der Waals surface area contributed by atoms with E-state index in [4.69, 9.17) is 18.9 Å². The number of pyridine rings is 1. The molecule has 11 heteroatoms. The van der Waals surface area contributed by atoms with Crippen LogP contribution in [0.2, 0.25) is 0 Å². The minimum Gasteiger partial charge on any atom is -0.493 e. The summed E-state index contributed by atoms with van der Waals surface area (Å²) in [7, 11) is 3.26. The maximum Gasteiger partial charge on any atom is 0.252 e. The van der Waals surface area contributed by atoms with Crippen LogP contribution in [0.4, 0.5) is 0 Å². The maximum atomic E-state index is 13.5. The Kier molecular flexibility index (Phi) is 8.47. The summed E-state index contributed by atoms with van der Waals surface area (Å²) in [5, 5.41) is 13.8. The Labute approximate surface area is 255 Å². The van der Waals surface area contributed by atoms with Gasteiger partial charge >= 0.3 is 0 Å². The summed E-state index contributed by atoms with van der Waals surface area (Å²) in [5.74, 6) is 3.53. The van der Waals surface area contributed by atoms with E-state index in [1.807, 2.05) is 59.3 Å². The molecule has 3 aromatic carbocycles. The molecule has 0 fully saturated rings. The van der Waals surface area contributed by atoms with E-state index in [2.05, 4.69) is 51.4 Å². The van der Waals surface area contributed by atoms with Crippen LogP contribution < -0.4 is 24.5 Å². The average molecular weight is 597 g/mol. The van der Waals surface area contributed by atoms with Crippen molar-refractivity contribution >= 4 is 10.9 Å². The maximum absolute atomic E-state index is 13.5. The summed E-state index contributed by atoms with van der Waals surface area (Å²) < 4.78 is 23.9. The second-order valence-corrected chi connectivity index (χ2v) is 11.2. The van der Waals surface area contributed by atoms with Gasteiger partial charge in [0.25, 0.3) is 5.56 Å². The standard InChI is InChI=1S/C33H36N6O5/c1-21(2)31(32-35-36-37-39(32)18-23-8-6-5-7-9-23)38(13-12-22-10-11-27(41-3)28(14-22)42-4)19-25-15-24-16-29-30(44-20-43-29)17-26(24)34-33(25)40/h5-11,14-17,21,31H,12-13,18-20H2,1-4H3,(H,34,40)/t31-/m1/s1. The summed E-state index contributed by atoms with van der Waals surface area (Å²) in [6.07, 6.45) is 0.702. The smallest absolute Gasteiger partial charge is 0.252 e. The van der Waals surface area contributed by atoms with Crippen molar-refractivity contribution in [2.45, 2.75) is 39.4 Å². The molecule has 0 unspecified atom stereocenters. The number of ether oxygens (including phenoxy) is 4. The Hall–Kier alpha value is -4.90. The van der Waals surface area contributed by atoms with Crippen LogP contribution in [0.1, 0.15) is 42.4 Å². The quantitative estimate of drug-likeness (QED) is 0.218. The van der Waals surface area contributed by atoms with Crippen LogP contribution in [0.5, 0.6) is 23.0 Å². The molecule has 0 saturated heterocycles. The minimum atomic E-state index is -0.180. The predicted octanol–water partition coefficient (Wildman–Crippen LogP) is 4.75. The molecule has 1 aliphatic rings. The monoisotopic (exact) mass is 596 g/mol. The average Bonchev–Trinajstić information content (AvgIpc) is 3.68. The Balaban J connectivity index is 1.36. The lowest BCUT2D eigenvalue weighted by Crippen LogP contribution is -2.37. The third-order valence-corrected chi connectivity index (χ3v) is 7.95. The molecular weight excluding hydrogens is 560 g/mol. The third kappa shape index (κ3) is 6.09. The number of tetrazole rings is 1. The van der Waals surface area contributed by atoms with E-state index in [0.29, 0.717) is 60.1 Å². The summed E-state index contributed by atoms with van der Waals surface area (Å²) in [6.45, 7) is 6.03. The zero-order valence-corrected chi connectivity index (χ0v) is 25.3. The highest BCUT2D eigenvalue weighted by Gasteiger charge is 2.30. The van der Waals surface area contributed by atoms with Crippen molar-refractivity contribution in [2.24, 2.45) is 5.92 Å². The SMILES string of the molecule is COc1ccc(CCN(Cc2cc3cc4c(cc3[nH]c2=O)OCO4)[C@@H](c2nnnn2Cc2ccccc2)C(C)C)cc1OC. The van der Waals surface area contributed by atoms with Crippen LogP contribution in [0.25, 0.3) is 10.9 Å². The van der Waals surface area contributed by atoms with Crippen LogP contribution in [-0.4, -0.2) is 57.6 Å². The molecule has 3 heterocycles. The lowest BCUT2D eigenvalue weighted by atomic mass is 9.99. The normalized spacial score (nSPS) is 13.1. The largest absolute Gasteiger partial charge is 0.493 e. The fraction of sp³-hybridized carbons (Fsp3) is 0.333. The molecule has 1 aliphatic heterocycles. The van der Waals surface area contributed by atoms with Gasteiger partial charge in [-0.2, -0.15) is 0 Å². The Morgan fingerprint density at radius 2 is 1.73 bits per heavy atom. The summed E-state index contributed by atoms with van der Waals surface area (Å²) in [6, 6.07) is 21.5. The van der Waals surface area contributed by atoms with Crippen molar-refractivity contribution in [3.63, 3.8) is 0 Å². The molecule has 0 radical (unpaired) electrons. The third-order valence-electron chi connectivity index (χ3n) is 7.95. The molecule has 6 rings (SSSR count). The van der Waals surface area contributed by atoms with E-state index >= 15 is 0 Å². The Morgan fingerprint density at radius 3 is 2.48 bits per heavy atom. The number of benzene rings is 3. The molecule has 228 valence electrons. The van der Waals surface area contributed by atoms with Crippen molar-refractivity contribution < 1.29 is 18.9 Å². The fourth-order valence-corrected chi connectivity index (χ4v) is 5.78. The van der Waals surface area contributed by atoms with Crippen LogP contribution >= 0.6 is 0 Å². The van der Waals surface area contributed by atoms with Gasteiger partial charge in [-0.25, -0.2) is 4.68 Å². The number of nitrogens with one attached hydrogen (secondary N) is 1. The molecule has 5 aromatic rings. The van der Waals surface area contributed by atoms with Crippen molar-refractivity contribution in [2.75, 3.05) is 27.6 Å². The van der Waals surface area contributed by atoms with Crippen LogP contribution in [-0.2, 0) is 19.5 Å². The van der Waals surface area contributed by atoms with Crippen LogP contribution in [0.15, 0.2) is 71.5 Å². The first kappa shape index (κ1) is 29.2. The number of aromatic amines is 1. The van der Waals surface area contributed by atoms with Gasteiger partial charge in [0.1, 0.15) is 0 Å². The minimum absolute atomic E-state index is 0.134. The number of rotatable bonds is 12. The van der Waals surface area contributed by atoms with Gasteiger partial charge in [0.05, 0.1) is 32.3 Å². The van der Waals surface area contributed by atoms with E-state index in [1.54, 1.807) is 14.2 Å². The number of fused-ring (bicyclic) bond motifs is 2. The molecule has 11 nitrogen and oxygen atoms in total. The first-order chi connectivity index (χ1) is 21.4. The molecule has 1 N–H and O–H groups in total. The van der Waals surface area contributed by atoms with Gasteiger partial charge in [0, 0.05) is 30.1 Å². The first-order valence-electron chi connectivity index (χ1n) is 14.6. The molecule has 0 aliphatic carbocycles. The number of aromatic nitrogens is 5. The summed E-state index contributed by atoms with van der Waals surface area (Å²) >= 11 is 0. The van der Waals surface area contributed by atoms with Crippen LogP contribution in [0.3, 0.4) is 0 Å². The van der Waals surface area contributed by atoms with Gasteiger partial charge in [-0.15, -0.1) is 5.10 Å². The van der Waals surface area contributed by atoms with Gasteiger partial charge in [-0.3, -0.25) is 9.69 Å².